The van der Waals surface area contributed by atoms with Gasteiger partial charge in [-0.3, -0.25) is 9.59 Å². The molecule has 0 aliphatic rings. The molecule has 142 valence electrons. The van der Waals surface area contributed by atoms with Gasteiger partial charge in [-0.1, -0.05) is 17.7 Å². The second-order valence-electron chi connectivity index (χ2n) is 5.93. The average Bonchev–Trinajstić information content (AvgIpc) is 2.66. The van der Waals surface area contributed by atoms with Gasteiger partial charge in [0.25, 0.3) is 0 Å². The molecule has 0 atom stereocenters. The van der Waals surface area contributed by atoms with E-state index in [1.807, 2.05) is 39.0 Å². The van der Waals surface area contributed by atoms with E-state index in [9.17, 15) is 14.7 Å². The molecule has 0 aliphatic carbocycles. The molecule has 0 aromatic heterocycles. The van der Waals surface area contributed by atoms with E-state index in [2.05, 4.69) is 20.7 Å². The molecule has 0 radical (unpaired) electrons. The van der Waals surface area contributed by atoms with E-state index >= 15 is 0 Å². The number of phenols is 1. The minimum absolute atomic E-state index is 0.0431. The van der Waals surface area contributed by atoms with E-state index in [0.717, 1.165) is 24.3 Å². The Kier molecular flexibility index (Phi) is 6.93. The number of amides is 2. The normalized spacial score (nSPS) is 10.6. The molecule has 2 rings (SSSR count). The highest BCUT2D eigenvalue weighted by Crippen LogP contribution is 2.23. The molecule has 0 unspecified atom stereocenters. The first kappa shape index (κ1) is 20.0. The molecule has 0 saturated carbocycles. The summed E-state index contributed by atoms with van der Waals surface area (Å²) in [6.07, 6.45) is 1.29. The zero-order chi connectivity index (χ0) is 19.8. The van der Waals surface area contributed by atoms with Crippen LogP contribution < -0.4 is 15.6 Å². The van der Waals surface area contributed by atoms with Crippen LogP contribution in [0, 0.1) is 6.92 Å². The second kappa shape index (κ2) is 9.38. The minimum Gasteiger partial charge on any atom is -0.507 e. The van der Waals surface area contributed by atoms with Gasteiger partial charge in [0.05, 0.1) is 6.21 Å². The molecule has 2 amide bonds. The number of aryl methyl sites for hydroxylation is 1. The van der Waals surface area contributed by atoms with E-state index in [4.69, 9.17) is 0 Å². The number of hydrazone groups is 1. The third-order valence-corrected chi connectivity index (χ3v) is 4.03. The van der Waals surface area contributed by atoms with Crippen molar-refractivity contribution in [3.05, 3.63) is 53.6 Å². The van der Waals surface area contributed by atoms with Crippen LogP contribution in [-0.2, 0) is 9.59 Å². The number of anilines is 2. The molecule has 0 heterocycles. The summed E-state index contributed by atoms with van der Waals surface area (Å²) >= 11 is 0. The predicted molar refractivity (Wildman–Crippen MR) is 107 cm³/mol. The Hall–Kier alpha value is -3.35. The molecule has 2 aromatic carbocycles. The number of hydrogen-bond acceptors (Lipinski definition) is 5. The molecule has 0 aliphatic heterocycles. The number of nitrogens with one attached hydrogen (secondary N) is 2. The fourth-order valence-corrected chi connectivity index (χ4v) is 2.46. The molecule has 2 aromatic rings. The molecule has 27 heavy (non-hydrogen) atoms. The first-order valence-corrected chi connectivity index (χ1v) is 8.73. The number of nitrogens with zero attached hydrogens (tertiary/aromatic N) is 2. The van der Waals surface area contributed by atoms with Gasteiger partial charge in [0, 0.05) is 36.1 Å². The van der Waals surface area contributed by atoms with Crippen molar-refractivity contribution in [2.24, 2.45) is 5.10 Å². The smallest absolute Gasteiger partial charge is 0.329 e. The topological polar surface area (TPSA) is 94.0 Å². The number of aromatic hydroxyl groups is 1. The van der Waals surface area contributed by atoms with Crippen molar-refractivity contribution in [3.63, 3.8) is 0 Å². The van der Waals surface area contributed by atoms with Gasteiger partial charge in [-0.2, -0.15) is 5.10 Å². The van der Waals surface area contributed by atoms with Crippen LogP contribution in [0.3, 0.4) is 0 Å². The van der Waals surface area contributed by atoms with Crippen LogP contribution in [0.5, 0.6) is 5.75 Å². The molecule has 3 N–H and O–H groups in total. The maximum Gasteiger partial charge on any atom is 0.329 e. The van der Waals surface area contributed by atoms with Crippen molar-refractivity contribution >= 4 is 29.4 Å². The van der Waals surface area contributed by atoms with E-state index in [0.29, 0.717) is 11.3 Å². The first-order chi connectivity index (χ1) is 12.9. The van der Waals surface area contributed by atoms with Gasteiger partial charge in [-0.05, 0) is 45.0 Å². The highest BCUT2D eigenvalue weighted by molar-refractivity contribution is 6.39. The zero-order valence-corrected chi connectivity index (χ0v) is 15.7. The van der Waals surface area contributed by atoms with Gasteiger partial charge in [0.2, 0.25) is 0 Å². The standard InChI is InChI=1S/C20H24N4O3/c1-4-24(5-2)17-11-8-15(18(25)12-17)13-21-23-20(27)19(26)22-16-9-6-14(3)7-10-16/h6-13,25H,4-5H2,1-3H3,(H,22,26)(H,23,27)/b21-13+. The fourth-order valence-electron chi connectivity index (χ4n) is 2.46. The predicted octanol–water partition coefficient (Wildman–Crippen LogP) is 2.64. The molecule has 0 fully saturated rings. The summed E-state index contributed by atoms with van der Waals surface area (Å²) in [6.45, 7) is 7.66. The summed E-state index contributed by atoms with van der Waals surface area (Å²) in [6, 6.07) is 12.3. The van der Waals surface area contributed by atoms with Crippen molar-refractivity contribution in [2.75, 3.05) is 23.3 Å². The molecule has 0 spiro atoms. The van der Waals surface area contributed by atoms with Crippen molar-refractivity contribution in [1.82, 2.24) is 5.43 Å². The van der Waals surface area contributed by atoms with Crippen molar-refractivity contribution in [3.8, 4) is 5.75 Å². The van der Waals surface area contributed by atoms with E-state index < -0.39 is 11.8 Å². The zero-order valence-electron chi connectivity index (χ0n) is 15.7. The fraction of sp³-hybridized carbons (Fsp3) is 0.250. The Balaban J connectivity index is 1.94. The lowest BCUT2D eigenvalue weighted by Crippen LogP contribution is -2.32. The third kappa shape index (κ3) is 5.57. The van der Waals surface area contributed by atoms with E-state index in [1.54, 1.807) is 24.3 Å². The van der Waals surface area contributed by atoms with Crippen LogP contribution in [0.4, 0.5) is 11.4 Å². The summed E-state index contributed by atoms with van der Waals surface area (Å²) in [5.74, 6) is -1.68. The molecular formula is C20H24N4O3. The lowest BCUT2D eigenvalue weighted by molar-refractivity contribution is -0.136. The maximum atomic E-state index is 11.8. The van der Waals surface area contributed by atoms with Crippen LogP contribution >= 0.6 is 0 Å². The van der Waals surface area contributed by atoms with Gasteiger partial charge < -0.3 is 15.3 Å². The summed E-state index contributed by atoms with van der Waals surface area (Å²) in [4.78, 5) is 25.7. The number of benzene rings is 2. The van der Waals surface area contributed by atoms with Crippen LogP contribution in [0.25, 0.3) is 0 Å². The minimum atomic E-state index is -0.897. The summed E-state index contributed by atoms with van der Waals surface area (Å²) in [5, 5.41) is 16.3. The Morgan fingerprint density at radius 3 is 2.33 bits per heavy atom. The Bertz CT molecular complexity index is 828. The van der Waals surface area contributed by atoms with Gasteiger partial charge in [0.1, 0.15) is 5.75 Å². The van der Waals surface area contributed by atoms with Crippen LogP contribution in [0.15, 0.2) is 47.6 Å². The lowest BCUT2D eigenvalue weighted by Gasteiger charge is -2.21. The first-order valence-electron chi connectivity index (χ1n) is 8.73. The third-order valence-electron chi connectivity index (χ3n) is 4.03. The van der Waals surface area contributed by atoms with Crippen LogP contribution in [0.2, 0.25) is 0 Å². The van der Waals surface area contributed by atoms with Gasteiger partial charge in [-0.25, -0.2) is 5.43 Å². The number of carbonyl (C=O) groups excluding carboxylic acids is 2. The Morgan fingerprint density at radius 2 is 1.74 bits per heavy atom. The van der Waals surface area contributed by atoms with Gasteiger partial charge >= 0.3 is 11.8 Å². The Labute approximate surface area is 158 Å². The van der Waals surface area contributed by atoms with E-state index in [-0.39, 0.29) is 5.75 Å². The second-order valence-corrected chi connectivity index (χ2v) is 5.93. The summed E-state index contributed by atoms with van der Waals surface area (Å²) in [7, 11) is 0. The monoisotopic (exact) mass is 368 g/mol. The lowest BCUT2D eigenvalue weighted by atomic mass is 10.2. The molecule has 0 saturated heterocycles. The highest BCUT2D eigenvalue weighted by atomic mass is 16.3. The van der Waals surface area contributed by atoms with E-state index in [1.165, 1.54) is 6.21 Å². The van der Waals surface area contributed by atoms with Crippen molar-refractivity contribution < 1.29 is 14.7 Å². The summed E-state index contributed by atoms with van der Waals surface area (Å²) < 4.78 is 0. The van der Waals surface area contributed by atoms with Crippen LogP contribution in [-0.4, -0.2) is 36.2 Å². The highest BCUT2D eigenvalue weighted by Gasteiger charge is 2.13. The average molecular weight is 368 g/mol. The number of phenolic OH excluding ortho intramolecular Hbond substituents is 1. The number of hydrogen-bond donors (Lipinski definition) is 3. The summed E-state index contributed by atoms with van der Waals surface area (Å²) in [5.41, 5.74) is 5.05. The number of rotatable bonds is 6. The van der Waals surface area contributed by atoms with Crippen molar-refractivity contribution in [2.45, 2.75) is 20.8 Å². The SMILES string of the molecule is CCN(CC)c1ccc(/C=N/NC(=O)C(=O)Nc2ccc(C)cc2)c(O)c1. The maximum absolute atomic E-state index is 11.8. The molecule has 0 bridgehead atoms. The molecule has 7 nitrogen and oxygen atoms in total. The van der Waals surface area contributed by atoms with Crippen molar-refractivity contribution in [1.29, 1.82) is 0 Å². The van der Waals surface area contributed by atoms with Gasteiger partial charge in [-0.15, -0.1) is 0 Å². The Morgan fingerprint density at radius 1 is 1.07 bits per heavy atom. The quantitative estimate of drug-likeness (QED) is 0.415. The van der Waals surface area contributed by atoms with Crippen LogP contribution in [0.1, 0.15) is 25.0 Å². The number of carbonyl (C=O) groups is 2. The molecule has 7 heteroatoms. The van der Waals surface area contributed by atoms with Gasteiger partial charge in [0.15, 0.2) is 0 Å². The molecular weight excluding hydrogens is 344 g/mol. The largest absolute Gasteiger partial charge is 0.507 e.